The molecule has 1 aliphatic rings. The van der Waals surface area contributed by atoms with Crippen LogP contribution in [-0.2, 0) is 10.0 Å². The van der Waals surface area contributed by atoms with Crippen LogP contribution in [0.5, 0.6) is 0 Å². The summed E-state index contributed by atoms with van der Waals surface area (Å²) in [7, 11) is -3.59. The van der Waals surface area contributed by atoms with Crippen LogP contribution in [0.1, 0.15) is 10.6 Å². The van der Waals surface area contributed by atoms with Gasteiger partial charge in [-0.1, -0.05) is 47.1 Å². The van der Waals surface area contributed by atoms with Gasteiger partial charge in [-0.3, -0.25) is 4.79 Å². The van der Waals surface area contributed by atoms with Crippen molar-refractivity contribution in [1.82, 2.24) is 14.4 Å². The highest BCUT2D eigenvalue weighted by Crippen LogP contribution is 2.29. The molecule has 0 radical (unpaired) electrons. The zero-order valence-corrected chi connectivity index (χ0v) is 17.0. The highest BCUT2D eigenvalue weighted by Gasteiger charge is 2.32. The summed E-state index contributed by atoms with van der Waals surface area (Å²) >= 11 is 6.88. The number of aromatic nitrogens is 1. The lowest BCUT2D eigenvalue weighted by Gasteiger charge is -2.33. The van der Waals surface area contributed by atoms with E-state index in [4.69, 9.17) is 16.1 Å². The van der Waals surface area contributed by atoms with Crippen molar-refractivity contribution in [3.05, 3.63) is 58.6 Å². The number of thiophene rings is 1. The molecule has 146 valence electrons. The summed E-state index contributed by atoms with van der Waals surface area (Å²) < 4.78 is 32.5. The van der Waals surface area contributed by atoms with Gasteiger partial charge in [0.1, 0.15) is 9.90 Å². The highest BCUT2D eigenvalue weighted by atomic mass is 35.5. The minimum absolute atomic E-state index is 0.139. The molecule has 1 aliphatic heterocycles. The van der Waals surface area contributed by atoms with Crippen molar-refractivity contribution < 1.29 is 17.7 Å². The van der Waals surface area contributed by atoms with Crippen molar-refractivity contribution >= 4 is 38.9 Å². The Kier molecular flexibility index (Phi) is 5.24. The van der Waals surface area contributed by atoms with E-state index in [1.165, 1.54) is 10.4 Å². The molecule has 0 spiro atoms. The zero-order chi connectivity index (χ0) is 19.7. The van der Waals surface area contributed by atoms with Crippen LogP contribution >= 0.6 is 22.9 Å². The van der Waals surface area contributed by atoms with Gasteiger partial charge in [-0.15, -0.1) is 11.3 Å². The quantitative estimate of drug-likeness (QED) is 0.625. The predicted molar refractivity (Wildman–Crippen MR) is 106 cm³/mol. The number of carbonyl (C=O) groups excluding carboxylic acids is 1. The largest absolute Gasteiger partial charge is 0.350 e. The predicted octanol–water partition coefficient (Wildman–Crippen LogP) is 3.20. The van der Waals surface area contributed by atoms with E-state index in [9.17, 15) is 13.2 Å². The molecule has 28 heavy (non-hydrogen) atoms. The van der Waals surface area contributed by atoms with Gasteiger partial charge >= 0.3 is 0 Å². The Morgan fingerprint density at radius 2 is 1.79 bits per heavy atom. The molecule has 7 nitrogen and oxygen atoms in total. The van der Waals surface area contributed by atoms with Gasteiger partial charge in [-0.05, 0) is 12.1 Å². The van der Waals surface area contributed by atoms with Crippen molar-refractivity contribution in [2.24, 2.45) is 0 Å². The first-order valence-corrected chi connectivity index (χ1v) is 11.2. The Morgan fingerprint density at radius 1 is 1.07 bits per heavy atom. The maximum Gasteiger partial charge on any atom is 0.292 e. The highest BCUT2D eigenvalue weighted by molar-refractivity contribution is 7.91. The minimum Gasteiger partial charge on any atom is -0.350 e. The van der Waals surface area contributed by atoms with Crippen LogP contribution in [0.4, 0.5) is 0 Å². The fourth-order valence-electron chi connectivity index (χ4n) is 2.97. The SMILES string of the molecule is O=C(c1cc(-c2ccccc2)no1)N1CCN(S(=O)(=O)c2ccc(Cl)s2)CC1. The monoisotopic (exact) mass is 437 g/mol. The molecule has 2 aromatic heterocycles. The van der Waals surface area contributed by atoms with Gasteiger partial charge in [0.15, 0.2) is 0 Å². The normalized spacial score (nSPS) is 15.7. The summed E-state index contributed by atoms with van der Waals surface area (Å²) in [5.41, 5.74) is 1.44. The van der Waals surface area contributed by atoms with E-state index in [2.05, 4.69) is 5.16 Å². The molecule has 0 aliphatic carbocycles. The summed E-state index contributed by atoms with van der Waals surface area (Å²) in [6.45, 7) is 0.976. The third-order valence-corrected chi connectivity index (χ3v) is 8.06. The fraction of sp³-hybridized carbons (Fsp3) is 0.222. The maximum absolute atomic E-state index is 12.7. The van der Waals surface area contributed by atoms with Crippen LogP contribution in [0.3, 0.4) is 0 Å². The average Bonchev–Trinajstić information content (AvgIpc) is 3.38. The van der Waals surface area contributed by atoms with Crippen molar-refractivity contribution in [1.29, 1.82) is 0 Å². The smallest absolute Gasteiger partial charge is 0.292 e. The van der Waals surface area contributed by atoms with E-state index < -0.39 is 10.0 Å². The topological polar surface area (TPSA) is 83.7 Å². The molecule has 1 saturated heterocycles. The van der Waals surface area contributed by atoms with Crippen LogP contribution in [0.15, 0.2) is 57.3 Å². The van der Waals surface area contributed by atoms with Crippen molar-refractivity contribution in [3.8, 4) is 11.3 Å². The molecular weight excluding hydrogens is 422 g/mol. The summed E-state index contributed by atoms with van der Waals surface area (Å²) in [6, 6.07) is 14.1. The number of hydrogen-bond acceptors (Lipinski definition) is 6. The van der Waals surface area contributed by atoms with Gasteiger partial charge < -0.3 is 9.42 Å². The number of carbonyl (C=O) groups is 1. The molecule has 1 amide bonds. The summed E-state index contributed by atoms with van der Waals surface area (Å²) in [6.07, 6.45) is 0. The standard InChI is InChI=1S/C18H16ClN3O4S2/c19-16-6-7-17(27-16)28(24,25)22-10-8-21(9-11-22)18(23)15-12-14(20-26-15)13-4-2-1-3-5-13/h1-7,12H,8-11H2. The molecule has 0 atom stereocenters. The van der Waals surface area contributed by atoms with E-state index in [-0.39, 0.29) is 42.1 Å². The minimum atomic E-state index is -3.59. The second-order valence-electron chi connectivity index (χ2n) is 6.20. The van der Waals surface area contributed by atoms with Crippen LogP contribution < -0.4 is 0 Å². The molecule has 0 saturated carbocycles. The number of halogens is 1. The number of sulfonamides is 1. The van der Waals surface area contributed by atoms with Crippen molar-refractivity contribution in [2.45, 2.75) is 4.21 Å². The average molecular weight is 438 g/mol. The van der Waals surface area contributed by atoms with E-state index in [0.29, 0.717) is 10.0 Å². The molecular formula is C18H16ClN3O4S2. The van der Waals surface area contributed by atoms with Crippen LogP contribution in [-0.4, -0.2) is 54.9 Å². The number of piperazine rings is 1. The summed E-state index contributed by atoms with van der Waals surface area (Å²) in [5.74, 6) is -0.161. The summed E-state index contributed by atoms with van der Waals surface area (Å²) in [5, 5.41) is 3.96. The third-order valence-electron chi connectivity index (χ3n) is 4.46. The first kappa shape index (κ1) is 19.1. The molecule has 10 heteroatoms. The van der Waals surface area contributed by atoms with E-state index >= 15 is 0 Å². The van der Waals surface area contributed by atoms with Crippen LogP contribution in [0.25, 0.3) is 11.3 Å². The second kappa shape index (κ2) is 7.67. The first-order valence-electron chi connectivity index (χ1n) is 8.52. The Hall–Kier alpha value is -2.20. The molecule has 0 N–H and O–H groups in total. The van der Waals surface area contributed by atoms with E-state index in [0.717, 1.165) is 16.9 Å². The van der Waals surface area contributed by atoms with Gasteiger partial charge in [-0.2, -0.15) is 4.31 Å². The van der Waals surface area contributed by atoms with Crippen LogP contribution in [0.2, 0.25) is 4.34 Å². The lowest BCUT2D eigenvalue weighted by atomic mass is 10.1. The Labute approximate surface area is 171 Å². The number of nitrogens with zero attached hydrogens (tertiary/aromatic N) is 3. The second-order valence-corrected chi connectivity index (χ2v) is 10.1. The van der Waals surface area contributed by atoms with E-state index in [1.807, 2.05) is 30.3 Å². The molecule has 0 unspecified atom stereocenters. The Morgan fingerprint density at radius 3 is 2.43 bits per heavy atom. The van der Waals surface area contributed by atoms with Crippen LogP contribution in [0, 0.1) is 0 Å². The number of hydrogen-bond donors (Lipinski definition) is 0. The molecule has 1 fully saturated rings. The Balaban J connectivity index is 1.43. The van der Waals surface area contributed by atoms with Gasteiger partial charge in [0, 0.05) is 37.8 Å². The lowest BCUT2D eigenvalue weighted by Crippen LogP contribution is -2.50. The first-order chi connectivity index (χ1) is 13.4. The molecule has 0 bridgehead atoms. The van der Waals surface area contributed by atoms with Gasteiger partial charge in [0.25, 0.3) is 15.9 Å². The van der Waals surface area contributed by atoms with Gasteiger partial charge in [0.05, 0.1) is 4.34 Å². The van der Waals surface area contributed by atoms with Crippen molar-refractivity contribution in [3.63, 3.8) is 0 Å². The van der Waals surface area contributed by atoms with Gasteiger partial charge in [0.2, 0.25) is 5.76 Å². The third kappa shape index (κ3) is 3.70. The molecule has 3 aromatic rings. The number of amides is 1. The number of benzene rings is 1. The van der Waals surface area contributed by atoms with Gasteiger partial charge in [-0.25, -0.2) is 8.42 Å². The molecule has 4 rings (SSSR count). The molecule has 1 aromatic carbocycles. The zero-order valence-electron chi connectivity index (χ0n) is 14.6. The lowest BCUT2D eigenvalue weighted by molar-refractivity contribution is 0.0656. The summed E-state index contributed by atoms with van der Waals surface area (Å²) in [4.78, 5) is 14.3. The molecule has 3 heterocycles. The van der Waals surface area contributed by atoms with E-state index in [1.54, 1.807) is 17.0 Å². The number of rotatable bonds is 4. The maximum atomic E-state index is 12.7. The fourth-order valence-corrected chi connectivity index (χ4v) is 6.03. The Bertz CT molecular complexity index is 1090. The van der Waals surface area contributed by atoms with Crippen molar-refractivity contribution in [2.75, 3.05) is 26.2 Å².